The van der Waals surface area contributed by atoms with Crippen LogP contribution in [0.15, 0.2) is 29.3 Å². The third-order valence-corrected chi connectivity index (χ3v) is 3.05. The zero-order valence-electron chi connectivity index (χ0n) is 9.42. The number of aromatic carboxylic acids is 1. The molecular weight excluding hydrogens is 257 g/mol. The first-order chi connectivity index (χ1) is 8.56. The molecule has 94 valence electrons. The molecule has 0 aliphatic carbocycles. The number of halogens is 1. The van der Waals surface area contributed by atoms with Crippen molar-refractivity contribution < 1.29 is 14.3 Å². The number of carbonyl (C=O) groups is 1. The molecule has 0 saturated carbocycles. The van der Waals surface area contributed by atoms with Crippen molar-refractivity contribution in [1.82, 2.24) is 9.78 Å². The van der Waals surface area contributed by atoms with Gasteiger partial charge in [-0.25, -0.2) is 13.9 Å². The van der Waals surface area contributed by atoms with E-state index in [9.17, 15) is 9.18 Å². The van der Waals surface area contributed by atoms with Crippen LogP contribution in [0, 0.1) is 5.82 Å². The minimum absolute atomic E-state index is 0.0862. The van der Waals surface area contributed by atoms with Gasteiger partial charge in [0.05, 0.1) is 0 Å². The molecule has 0 radical (unpaired) electrons. The number of anilines is 1. The highest BCUT2D eigenvalue weighted by molar-refractivity contribution is 7.98. The fraction of sp³-hybridized carbons (Fsp3) is 0.0909. The molecule has 0 saturated heterocycles. The third-order valence-electron chi connectivity index (χ3n) is 2.38. The summed E-state index contributed by atoms with van der Waals surface area (Å²) in [6.45, 7) is 0. The number of hydrogen-bond acceptors (Lipinski definition) is 4. The predicted octanol–water partition coefficient (Wildman–Crippen LogP) is 2.01. The van der Waals surface area contributed by atoms with Gasteiger partial charge in [-0.05, 0) is 18.4 Å². The maximum atomic E-state index is 13.6. The molecule has 0 unspecified atom stereocenters. The Kier molecular flexibility index (Phi) is 3.24. The molecule has 0 aliphatic rings. The van der Waals surface area contributed by atoms with E-state index in [4.69, 9.17) is 10.8 Å². The Morgan fingerprint density at radius 3 is 2.67 bits per heavy atom. The molecule has 5 nitrogen and oxygen atoms in total. The molecule has 0 spiro atoms. The van der Waals surface area contributed by atoms with E-state index in [1.165, 1.54) is 18.2 Å². The highest BCUT2D eigenvalue weighted by Crippen LogP contribution is 2.27. The smallest absolute Gasteiger partial charge is 0.342 e. The molecule has 0 amide bonds. The summed E-state index contributed by atoms with van der Waals surface area (Å²) >= 11 is 1.14. The van der Waals surface area contributed by atoms with Gasteiger partial charge in [-0.15, -0.1) is 11.8 Å². The van der Waals surface area contributed by atoms with E-state index in [-0.39, 0.29) is 22.1 Å². The van der Waals surface area contributed by atoms with Crippen LogP contribution in [0.2, 0.25) is 0 Å². The zero-order chi connectivity index (χ0) is 13.3. The second-order valence-corrected chi connectivity index (χ2v) is 4.23. The van der Waals surface area contributed by atoms with Crippen LogP contribution in [0.25, 0.3) is 5.69 Å². The lowest BCUT2D eigenvalue weighted by Crippen LogP contribution is -2.07. The first-order valence-electron chi connectivity index (χ1n) is 4.97. The monoisotopic (exact) mass is 267 g/mol. The number of hydrogen-bond donors (Lipinski definition) is 2. The van der Waals surface area contributed by atoms with E-state index in [2.05, 4.69) is 5.10 Å². The van der Waals surface area contributed by atoms with Crippen molar-refractivity contribution in [2.75, 3.05) is 12.0 Å². The number of para-hydroxylation sites is 1. The summed E-state index contributed by atoms with van der Waals surface area (Å²) in [7, 11) is 0. The average Bonchev–Trinajstić information content (AvgIpc) is 2.67. The summed E-state index contributed by atoms with van der Waals surface area (Å²) < 4.78 is 14.7. The molecule has 2 rings (SSSR count). The SMILES string of the molecule is CSc1nn(-c2ccccc2F)c(N)c1C(=O)O. The van der Waals surface area contributed by atoms with Crippen LogP contribution >= 0.6 is 11.8 Å². The lowest BCUT2D eigenvalue weighted by atomic mass is 10.3. The number of thioether (sulfide) groups is 1. The van der Waals surface area contributed by atoms with Crippen molar-refractivity contribution in [1.29, 1.82) is 0 Å². The highest BCUT2D eigenvalue weighted by atomic mass is 32.2. The Morgan fingerprint density at radius 2 is 2.17 bits per heavy atom. The van der Waals surface area contributed by atoms with Gasteiger partial charge >= 0.3 is 5.97 Å². The third kappa shape index (κ3) is 1.92. The number of nitrogens with two attached hydrogens (primary N) is 1. The first-order valence-corrected chi connectivity index (χ1v) is 6.19. The normalized spacial score (nSPS) is 10.6. The van der Waals surface area contributed by atoms with Crippen molar-refractivity contribution >= 4 is 23.5 Å². The minimum Gasteiger partial charge on any atom is -0.477 e. The van der Waals surface area contributed by atoms with Crippen LogP contribution in [-0.4, -0.2) is 27.1 Å². The molecule has 0 bridgehead atoms. The molecule has 3 N–H and O–H groups in total. The van der Waals surface area contributed by atoms with Gasteiger partial charge in [0.15, 0.2) is 0 Å². The highest BCUT2D eigenvalue weighted by Gasteiger charge is 2.22. The standard InChI is InChI=1S/C11H10FN3O2S/c1-18-10-8(11(16)17)9(13)15(14-10)7-5-3-2-4-6(7)12/h2-5H,13H2,1H3,(H,16,17). The first kappa shape index (κ1) is 12.4. The summed E-state index contributed by atoms with van der Waals surface area (Å²) in [5.41, 5.74) is 5.74. The van der Waals surface area contributed by atoms with Crippen molar-refractivity contribution in [2.24, 2.45) is 0 Å². The van der Waals surface area contributed by atoms with Gasteiger partial charge < -0.3 is 10.8 Å². The molecule has 0 fully saturated rings. The van der Waals surface area contributed by atoms with Crippen molar-refractivity contribution in [3.8, 4) is 5.69 Å². The van der Waals surface area contributed by atoms with E-state index < -0.39 is 11.8 Å². The van der Waals surface area contributed by atoms with Gasteiger partial charge in [0, 0.05) is 0 Å². The van der Waals surface area contributed by atoms with Crippen LogP contribution in [0.5, 0.6) is 0 Å². The van der Waals surface area contributed by atoms with Gasteiger partial charge in [-0.3, -0.25) is 0 Å². The molecule has 2 aromatic rings. The van der Waals surface area contributed by atoms with E-state index in [1.807, 2.05) is 0 Å². The number of nitrogens with zero attached hydrogens (tertiary/aromatic N) is 2. The van der Waals surface area contributed by atoms with E-state index in [0.717, 1.165) is 16.4 Å². The largest absolute Gasteiger partial charge is 0.477 e. The average molecular weight is 267 g/mol. The van der Waals surface area contributed by atoms with Gasteiger partial charge in [0.2, 0.25) is 0 Å². The number of aromatic nitrogens is 2. The number of benzene rings is 1. The fourth-order valence-corrected chi connectivity index (χ4v) is 2.12. The van der Waals surface area contributed by atoms with Crippen LogP contribution in [0.3, 0.4) is 0 Å². The van der Waals surface area contributed by atoms with Crippen LogP contribution in [-0.2, 0) is 0 Å². The lowest BCUT2D eigenvalue weighted by Gasteiger charge is -2.04. The van der Waals surface area contributed by atoms with E-state index in [1.54, 1.807) is 12.3 Å². The second kappa shape index (κ2) is 4.69. The molecule has 1 aromatic heterocycles. The maximum absolute atomic E-state index is 13.6. The number of nitrogen functional groups attached to an aromatic ring is 1. The maximum Gasteiger partial charge on any atom is 0.342 e. The van der Waals surface area contributed by atoms with Crippen LogP contribution < -0.4 is 5.73 Å². The van der Waals surface area contributed by atoms with Gasteiger partial charge in [0.25, 0.3) is 0 Å². The zero-order valence-corrected chi connectivity index (χ0v) is 10.2. The number of carboxylic acid groups (broad SMARTS) is 1. The van der Waals surface area contributed by atoms with Gasteiger partial charge in [0.1, 0.15) is 27.9 Å². The summed E-state index contributed by atoms with van der Waals surface area (Å²) in [5.74, 6) is -1.78. The quantitative estimate of drug-likeness (QED) is 0.831. The Hall–Kier alpha value is -2.02. The fourth-order valence-electron chi connectivity index (χ4n) is 1.56. The molecule has 0 aliphatic heterocycles. The van der Waals surface area contributed by atoms with Crippen LogP contribution in [0.1, 0.15) is 10.4 Å². The van der Waals surface area contributed by atoms with Crippen molar-refractivity contribution in [3.63, 3.8) is 0 Å². The predicted molar refractivity (Wildman–Crippen MR) is 66.7 cm³/mol. The van der Waals surface area contributed by atoms with E-state index >= 15 is 0 Å². The Balaban J connectivity index is 2.67. The Bertz CT molecular complexity index is 612. The van der Waals surface area contributed by atoms with Crippen LogP contribution in [0.4, 0.5) is 10.2 Å². The summed E-state index contributed by atoms with van der Waals surface area (Å²) in [6, 6.07) is 5.90. The summed E-state index contributed by atoms with van der Waals surface area (Å²) in [6.07, 6.45) is 1.68. The number of rotatable bonds is 3. The molecule has 0 atom stereocenters. The number of carboxylic acids is 1. The van der Waals surface area contributed by atoms with E-state index in [0.29, 0.717) is 0 Å². The Morgan fingerprint density at radius 1 is 1.50 bits per heavy atom. The second-order valence-electron chi connectivity index (χ2n) is 3.44. The van der Waals surface area contributed by atoms with Gasteiger partial charge in [-0.2, -0.15) is 5.10 Å². The topological polar surface area (TPSA) is 81.1 Å². The Labute approximate surface area is 106 Å². The molecule has 18 heavy (non-hydrogen) atoms. The molecule has 7 heteroatoms. The van der Waals surface area contributed by atoms with Crippen molar-refractivity contribution in [2.45, 2.75) is 5.03 Å². The molecule has 1 heterocycles. The summed E-state index contributed by atoms with van der Waals surface area (Å²) in [5, 5.41) is 13.3. The van der Waals surface area contributed by atoms with Crippen molar-refractivity contribution in [3.05, 3.63) is 35.6 Å². The van der Waals surface area contributed by atoms with Gasteiger partial charge in [-0.1, -0.05) is 12.1 Å². The molecule has 1 aromatic carbocycles. The lowest BCUT2D eigenvalue weighted by molar-refractivity contribution is 0.0694. The minimum atomic E-state index is -1.18. The molecular formula is C11H10FN3O2S. The summed E-state index contributed by atoms with van der Waals surface area (Å²) in [4.78, 5) is 11.1.